The maximum atomic E-state index is 13.9. The number of likely N-dealkylation sites (N-methyl/N-ethyl adjacent to an activating group) is 1. The van der Waals surface area contributed by atoms with Crippen molar-refractivity contribution < 1.29 is 9.18 Å². The van der Waals surface area contributed by atoms with Crippen molar-refractivity contribution in [1.29, 1.82) is 0 Å². The van der Waals surface area contributed by atoms with Gasteiger partial charge in [-0.1, -0.05) is 0 Å². The molecule has 1 aromatic heterocycles. The Bertz CT molecular complexity index is 998. The number of amides is 1. The number of aromatic amines is 1. The molecule has 3 unspecified atom stereocenters. The second-order valence-corrected chi connectivity index (χ2v) is 9.56. The summed E-state index contributed by atoms with van der Waals surface area (Å²) in [6.45, 7) is 5.47. The van der Waals surface area contributed by atoms with E-state index < -0.39 is 0 Å². The number of piperidine rings is 1. The first-order chi connectivity index (χ1) is 13.9. The van der Waals surface area contributed by atoms with Gasteiger partial charge in [-0.3, -0.25) is 15.1 Å². The Morgan fingerprint density at radius 3 is 2.90 bits per heavy atom. The molecule has 1 saturated carbocycles. The van der Waals surface area contributed by atoms with Crippen molar-refractivity contribution in [2.45, 2.75) is 43.8 Å². The third-order valence-corrected chi connectivity index (χ3v) is 7.97. The average Bonchev–Trinajstić information content (AvgIpc) is 3.21. The molecule has 3 saturated heterocycles. The van der Waals surface area contributed by atoms with E-state index in [4.69, 9.17) is 0 Å². The monoisotopic (exact) mass is 397 g/mol. The predicted octanol–water partition coefficient (Wildman–Crippen LogP) is 2.11. The van der Waals surface area contributed by atoms with E-state index in [0.717, 1.165) is 43.5 Å². The smallest absolute Gasteiger partial charge is 0.270 e. The molecule has 4 aliphatic rings. The van der Waals surface area contributed by atoms with E-state index in [0.29, 0.717) is 34.8 Å². The first kappa shape index (κ1) is 17.9. The number of hydrogen-bond donors (Lipinski definition) is 2. The lowest BCUT2D eigenvalue weighted by Crippen LogP contribution is -2.60. The van der Waals surface area contributed by atoms with Crippen LogP contribution >= 0.6 is 0 Å². The first-order valence-corrected chi connectivity index (χ1v) is 10.8. The van der Waals surface area contributed by atoms with Crippen LogP contribution in [0.3, 0.4) is 0 Å². The SMILES string of the molecule is Cc1c(F)ccc2[nH]c(C(=O)N3CCC4NN5CC6(CC6)N(C)CC5C4C3)cc12. The fourth-order valence-corrected chi connectivity index (χ4v) is 5.86. The van der Waals surface area contributed by atoms with Crippen molar-refractivity contribution in [3.8, 4) is 0 Å². The number of piperazine rings is 1. The number of hydrazine groups is 1. The Hall–Kier alpha value is -1.96. The lowest BCUT2D eigenvalue weighted by molar-refractivity contribution is 0.0164. The van der Waals surface area contributed by atoms with Crippen LogP contribution in [0.25, 0.3) is 10.9 Å². The molecular formula is C22H28FN5O. The molecule has 6 nitrogen and oxygen atoms in total. The van der Waals surface area contributed by atoms with Gasteiger partial charge in [0.25, 0.3) is 5.91 Å². The highest BCUT2D eigenvalue weighted by atomic mass is 19.1. The Kier molecular flexibility index (Phi) is 3.71. The Balaban J connectivity index is 1.23. The van der Waals surface area contributed by atoms with Crippen molar-refractivity contribution in [3.05, 3.63) is 35.3 Å². The number of hydrogen-bond acceptors (Lipinski definition) is 4. The van der Waals surface area contributed by atoms with Gasteiger partial charge in [0.15, 0.2) is 0 Å². The van der Waals surface area contributed by atoms with Gasteiger partial charge in [-0.25, -0.2) is 9.40 Å². The Labute approximate surface area is 170 Å². The number of fused-ring (bicyclic) bond motifs is 4. The fraction of sp³-hybridized carbons (Fsp3) is 0.591. The minimum Gasteiger partial charge on any atom is -0.351 e. The van der Waals surface area contributed by atoms with Gasteiger partial charge in [-0.15, -0.1) is 0 Å². The van der Waals surface area contributed by atoms with E-state index in [1.807, 2.05) is 11.0 Å². The second kappa shape index (κ2) is 6.03. The third kappa shape index (κ3) is 2.60. The fourth-order valence-electron chi connectivity index (χ4n) is 5.86. The van der Waals surface area contributed by atoms with E-state index in [1.54, 1.807) is 13.0 Å². The van der Waals surface area contributed by atoms with Crippen LogP contribution in [0, 0.1) is 18.7 Å². The Morgan fingerprint density at radius 2 is 2.10 bits per heavy atom. The minimum absolute atomic E-state index is 0.0285. The van der Waals surface area contributed by atoms with E-state index in [1.165, 1.54) is 18.9 Å². The molecule has 3 atom stereocenters. The van der Waals surface area contributed by atoms with Crippen LogP contribution in [0.5, 0.6) is 0 Å². The number of benzene rings is 1. The second-order valence-electron chi connectivity index (χ2n) is 9.56. The summed E-state index contributed by atoms with van der Waals surface area (Å²) in [5.41, 5.74) is 6.13. The number of H-pyrrole nitrogens is 1. The summed E-state index contributed by atoms with van der Waals surface area (Å²) in [6, 6.07) is 5.91. The van der Waals surface area contributed by atoms with Crippen LogP contribution in [0.4, 0.5) is 4.39 Å². The van der Waals surface area contributed by atoms with Gasteiger partial charge < -0.3 is 9.88 Å². The topological polar surface area (TPSA) is 54.6 Å². The minimum atomic E-state index is -0.233. The number of aryl methyl sites for hydroxylation is 1. The zero-order valence-electron chi connectivity index (χ0n) is 17.0. The van der Waals surface area contributed by atoms with Crippen molar-refractivity contribution in [1.82, 2.24) is 25.2 Å². The van der Waals surface area contributed by atoms with Gasteiger partial charge in [0, 0.05) is 60.6 Å². The number of nitrogens with one attached hydrogen (secondary N) is 2. The highest BCUT2D eigenvalue weighted by Gasteiger charge is 2.57. The van der Waals surface area contributed by atoms with Crippen LogP contribution in [-0.4, -0.2) is 76.5 Å². The number of carbonyl (C=O) groups excluding carboxylic acids is 1. The normalized spacial score (nSPS) is 31.3. The van der Waals surface area contributed by atoms with Crippen molar-refractivity contribution in [3.63, 3.8) is 0 Å². The van der Waals surface area contributed by atoms with Gasteiger partial charge >= 0.3 is 0 Å². The van der Waals surface area contributed by atoms with Crippen molar-refractivity contribution in [2.24, 2.45) is 5.92 Å². The molecule has 7 heteroatoms. The number of nitrogens with zero attached hydrogens (tertiary/aromatic N) is 3. The highest BCUT2D eigenvalue weighted by molar-refractivity contribution is 5.99. The van der Waals surface area contributed by atoms with E-state index in [9.17, 15) is 9.18 Å². The number of aromatic nitrogens is 1. The summed E-state index contributed by atoms with van der Waals surface area (Å²) >= 11 is 0. The molecule has 29 heavy (non-hydrogen) atoms. The maximum Gasteiger partial charge on any atom is 0.270 e. The molecule has 4 heterocycles. The molecule has 3 aliphatic heterocycles. The number of rotatable bonds is 1. The van der Waals surface area contributed by atoms with Gasteiger partial charge in [-0.2, -0.15) is 0 Å². The first-order valence-electron chi connectivity index (χ1n) is 10.8. The quantitative estimate of drug-likeness (QED) is 0.774. The molecule has 2 N–H and O–H groups in total. The number of halogens is 1. The van der Waals surface area contributed by atoms with Crippen LogP contribution < -0.4 is 5.43 Å². The lowest BCUT2D eigenvalue weighted by atomic mass is 9.86. The molecular weight excluding hydrogens is 369 g/mol. The molecule has 154 valence electrons. The summed E-state index contributed by atoms with van der Waals surface area (Å²) in [5, 5.41) is 3.27. The van der Waals surface area contributed by atoms with Crippen LogP contribution in [-0.2, 0) is 0 Å². The lowest BCUT2D eigenvalue weighted by Gasteiger charge is -2.44. The molecule has 0 radical (unpaired) electrons. The van der Waals surface area contributed by atoms with Gasteiger partial charge in [0.05, 0.1) is 0 Å². The standard InChI is InChI=1S/C22H28FN5O/c1-13-14-9-19(24-17(14)4-3-16(13)23)21(29)27-8-5-18-15(10-27)20-11-26(2)22(6-7-22)12-28(20)25-18/h3-4,9,15,18,20,24-25H,5-8,10-12H2,1-2H3. The van der Waals surface area contributed by atoms with Gasteiger partial charge in [-0.05, 0) is 57.0 Å². The summed E-state index contributed by atoms with van der Waals surface area (Å²) in [5.74, 6) is 0.249. The van der Waals surface area contributed by atoms with E-state index in [-0.39, 0.29) is 11.7 Å². The molecule has 1 aliphatic carbocycles. The molecule has 4 fully saturated rings. The molecule has 6 rings (SSSR count). The highest BCUT2D eigenvalue weighted by Crippen LogP contribution is 2.46. The molecule has 0 bridgehead atoms. The van der Waals surface area contributed by atoms with Crippen molar-refractivity contribution in [2.75, 3.05) is 33.2 Å². The zero-order chi connectivity index (χ0) is 19.9. The van der Waals surface area contributed by atoms with Crippen LogP contribution in [0.2, 0.25) is 0 Å². The third-order valence-electron chi connectivity index (χ3n) is 7.97. The zero-order valence-corrected chi connectivity index (χ0v) is 17.0. The number of likely N-dealkylation sites (tertiary alicyclic amines) is 1. The molecule has 1 amide bonds. The summed E-state index contributed by atoms with van der Waals surface area (Å²) in [6.07, 6.45) is 3.58. The summed E-state index contributed by atoms with van der Waals surface area (Å²) in [7, 11) is 2.26. The summed E-state index contributed by atoms with van der Waals surface area (Å²) < 4.78 is 13.9. The molecule has 1 spiro atoms. The van der Waals surface area contributed by atoms with Gasteiger partial charge in [0.2, 0.25) is 0 Å². The van der Waals surface area contributed by atoms with Crippen LogP contribution in [0.15, 0.2) is 18.2 Å². The molecule has 1 aromatic carbocycles. The average molecular weight is 397 g/mol. The predicted molar refractivity (Wildman–Crippen MR) is 109 cm³/mol. The van der Waals surface area contributed by atoms with Crippen molar-refractivity contribution >= 4 is 16.8 Å². The summed E-state index contributed by atoms with van der Waals surface area (Å²) in [4.78, 5) is 21.0. The largest absolute Gasteiger partial charge is 0.351 e. The van der Waals surface area contributed by atoms with E-state index >= 15 is 0 Å². The van der Waals surface area contributed by atoms with Gasteiger partial charge in [0.1, 0.15) is 11.5 Å². The molecule has 2 aromatic rings. The van der Waals surface area contributed by atoms with E-state index in [2.05, 4.69) is 27.4 Å². The maximum absolute atomic E-state index is 13.9. The Morgan fingerprint density at radius 1 is 1.28 bits per heavy atom. The van der Waals surface area contributed by atoms with Crippen LogP contribution in [0.1, 0.15) is 35.3 Å². The number of carbonyl (C=O) groups is 1.